The number of carbonyl (C=O) groups is 2. The van der Waals surface area contributed by atoms with Crippen LogP contribution in [0.15, 0.2) is 41.5 Å². The summed E-state index contributed by atoms with van der Waals surface area (Å²) in [6, 6.07) is 8.73. The van der Waals surface area contributed by atoms with Crippen LogP contribution in [0.3, 0.4) is 0 Å². The molecule has 0 saturated carbocycles. The number of aliphatic carboxylic acids is 1. The number of nitro groups is 1. The van der Waals surface area contributed by atoms with E-state index >= 15 is 0 Å². The number of hydrogen-bond acceptors (Lipinski definition) is 6. The van der Waals surface area contributed by atoms with E-state index in [0.29, 0.717) is 5.56 Å². The number of rotatable bonds is 8. The minimum atomic E-state index is -1.18. The maximum Gasteiger partial charge on any atom is 0.341 e. The number of amides is 1. The number of nitrogens with one attached hydrogen (secondary N) is 1. The first kappa shape index (κ1) is 21.1. The Morgan fingerprint density at radius 2 is 1.89 bits per heavy atom. The number of carboxylic acids is 1. The van der Waals surface area contributed by atoms with E-state index in [1.807, 2.05) is 0 Å². The van der Waals surface area contributed by atoms with Crippen LogP contribution >= 0.6 is 23.2 Å². The summed E-state index contributed by atoms with van der Waals surface area (Å²) in [6.45, 7) is -0.603. The number of nitrogens with zero attached hydrogens (tertiary/aromatic N) is 2. The second kappa shape index (κ2) is 9.67. The van der Waals surface area contributed by atoms with Gasteiger partial charge in [-0.2, -0.15) is 5.10 Å². The number of para-hydroxylation sites is 1. The first-order chi connectivity index (χ1) is 13.3. The Hall–Kier alpha value is -3.17. The third-order valence-corrected chi connectivity index (χ3v) is 3.86. The standard InChI is InChI=1S/C17H13Cl2N3O6/c18-12-5-10(6-13(19)17(12)28-9-16(24)25)8-20-21-15(23)7-11-3-1-2-4-14(11)22(26)27/h1-6,8H,7,9H2,(H,21,23)(H,24,25)/b20-8+. The molecule has 0 aliphatic heterocycles. The van der Waals surface area contributed by atoms with Crippen LogP contribution in [-0.2, 0) is 16.0 Å². The monoisotopic (exact) mass is 425 g/mol. The molecule has 11 heteroatoms. The first-order valence-electron chi connectivity index (χ1n) is 7.65. The van der Waals surface area contributed by atoms with E-state index in [2.05, 4.69) is 10.5 Å². The molecule has 0 aromatic heterocycles. The van der Waals surface area contributed by atoms with Gasteiger partial charge in [0.25, 0.3) is 5.69 Å². The molecule has 0 unspecified atom stereocenters. The number of ether oxygens (including phenoxy) is 1. The normalized spacial score (nSPS) is 10.6. The highest BCUT2D eigenvalue weighted by molar-refractivity contribution is 6.37. The van der Waals surface area contributed by atoms with Crippen molar-refractivity contribution in [3.63, 3.8) is 0 Å². The number of hydrogen-bond donors (Lipinski definition) is 2. The topological polar surface area (TPSA) is 131 Å². The third kappa shape index (κ3) is 5.93. The summed E-state index contributed by atoms with van der Waals surface area (Å²) in [5.41, 5.74) is 2.77. The fraction of sp³-hybridized carbons (Fsp3) is 0.118. The SMILES string of the molecule is O=C(O)COc1c(Cl)cc(/C=N/NC(=O)Cc2ccccc2[N+](=O)[O-])cc1Cl. The van der Waals surface area contributed by atoms with Crippen molar-refractivity contribution in [3.05, 3.63) is 67.7 Å². The fourth-order valence-corrected chi connectivity index (χ4v) is 2.77. The highest BCUT2D eigenvalue weighted by Crippen LogP contribution is 2.33. The van der Waals surface area contributed by atoms with Gasteiger partial charge in [0, 0.05) is 11.6 Å². The number of nitro benzene ring substituents is 1. The Morgan fingerprint density at radius 3 is 2.50 bits per heavy atom. The van der Waals surface area contributed by atoms with Crippen molar-refractivity contribution in [2.75, 3.05) is 6.61 Å². The Labute approximate surface area is 168 Å². The Balaban J connectivity index is 2.02. The van der Waals surface area contributed by atoms with Crippen LogP contribution in [-0.4, -0.2) is 34.7 Å². The molecule has 0 heterocycles. The lowest BCUT2D eigenvalue weighted by Crippen LogP contribution is -2.20. The van der Waals surface area contributed by atoms with Crippen molar-refractivity contribution in [1.29, 1.82) is 0 Å². The molecule has 1 amide bonds. The predicted molar refractivity (Wildman–Crippen MR) is 102 cm³/mol. The smallest absolute Gasteiger partial charge is 0.341 e. The molecule has 28 heavy (non-hydrogen) atoms. The fourth-order valence-electron chi connectivity index (χ4n) is 2.16. The van der Waals surface area contributed by atoms with E-state index in [0.717, 1.165) is 0 Å². The molecule has 0 radical (unpaired) electrons. The van der Waals surface area contributed by atoms with Crippen molar-refractivity contribution in [1.82, 2.24) is 5.43 Å². The Bertz CT molecular complexity index is 925. The summed E-state index contributed by atoms with van der Waals surface area (Å²) < 4.78 is 4.99. The van der Waals surface area contributed by atoms with Gasteiger partial charge in [0.05, 0.1) is 27.6 Å². The lowest BCUT2D eigenvalue weighted by molar-refractivity contribution is -0.385. The van der Waals surface area contributed by atoms with Gasteiger partial charge in [-0.1, -0.05) is 41.4 Å². The maximum absolute atomic E-state index is 11.9. The van der Waals surface area contributed by atoms with Gasteiger partial charge < -0.3 is 9.84 Å². The minimum Gasteiger partial charge on any atom is -0.479 e. The second-order valence-electron chi connectivity index (χ2n) is 5.35. The molecule has 0 bridgehead atoms. The van der Waals surface area contributed by atoms with Crippen molar-refractivity contribution in [2.45, 2.75) is 6.42 Å². The van der Waals surface area contributed by atoms with Crippen molar-refractivity contribution >= 4 is 47.0 Å². The van der Waals surface area contributed by atoms with Crippen molar-refractivity contribution in [2.24, 2.45) is 5.10 Å². The molecular weight excluding hydrogens is 413 g/mol. The Kier molecular flexibility index (Phi) is 7.30. The zero-order valence-corrected chi connectivity index (χ0v) is 15.6. The summed E-state index contributed by atoms with van der Waals surface area (Å²) in [5.74, 6) is -1.72. The predicted octanol–water partition coefficient (Wildman–Crippen LogP) is 3.06. The largest absolute Gasteiger partial charge is 0.479 e. The maximum atomic E-state index is 11.9. The molecule has 0 aliphatic carbocycles. The Morgan fingerprint density at radius 1 is 1.25 bits per heavy atom. The van der Waals surface area contributed by atoms with E-state index in [4.69, 9.17) is 33.0 Å². The molecule has 2 rings (SSSR count). The second-order valence-corrected chi connectivity index (χ2v) is 6.17. The number of benzene rings is 2. The number of hydrazone groups is 1. The molecule has 0 saturated heterocycles. The summed E-state index contributed by atoms with van der Waals surface area (Å²) >= 11 is 12.0. The van der Waals surface area contributed by atoms with E-state index in [-0.39, 0.29) is 33.5 Å². The van der Waals surface area contributed by atoms with Gasteiger partial charge in [-0.25, -0.2) is 10.2 Å². The molecule has 9 nitrogen and oxygen atoms in total. The highest BCUT2D eigenvalue weighted by atomic mass is 35.5. The molecule has 0 fully saturated rings. The average molecular weight is 426 g/mol. The van der Waals surface area contributed by atoms with Gasteiger partial charge >= 0.3 is 5.97 Å². The van der Waals surface area contributed by atoms with Gasteiger partial charge in [-0.05, 0) is 17.7 Å². The van der Waals surface area contributed by atoms with Crippen LogP contribution in [0.4, 0.5) is 5.69 Å². The van der Waals surface area contributed by atoms with Crippen LogP contribution in [0.5, 0.6) is 5.75 Å². The molecule has 146 valence electrons. The first-order valence-corrected chi connectivity index (χ1v) is 8.41. The number of carboxylic acid groups (broad SMARTS) is 1. The minimum absolute atomic E-state index is 0.0170. The van der Waals surface area contributed by atoms with E-state index in [9.17, 15) is 19.7 Å². The van der Waals surface area contributed by atoms with E-state index in [1.54, 1.807) is 6.07 Å². The zero-order valence-electron chi connectivity index (χ0n) is 14.1. The molecular formula is C17H13Cl2N3O6. The van der Waals surface area contributed by atoms with Crippen LogP contribution in [0, 0.1) is 10.1 Å². The van der Waals surface area contributed by atoms with Gasteiger partial charge in [0.15, 0.2) is 12.4 Å². The number of halogens is 2. The highest BCUT2D eigenvalue weighted by Gasteiger charge is 2.15. The number of carbonyl (C=O) groups excluding carboxylic acids is 1. The molecule has 0 atom stereocenters. The lowest BCUT2D eigenvalue weighted by atomic mass is 10.1. The molecule has 2 aromatic rings. The van der Waals surface area contributed by atoms with Crippen LogP contribution < -0.4 is 10.2 Å². The van der Waals surface area contributed by atoms with Crippen LogP contribution in [0.2, 0.25) is 10.0 Å². The van der Waals surface area contributed by atoms with Crippen LogP contribution in [0.25, 0.3) is 0 Å². The molecule has 2 N–H and O–H groups in total. The average Bonchev–Trinajstić information content (AvgIpc) is 2.61. The van der Waals surface area contributed by atoms with Gasteiger partial charge in [0.1, 0.15) is 0 Å². The van der Waals surface area contributed by atoms with Gasteiger partial charge in [-0.15, -0.1) is 0 Å². The summed E-state index contributed by atoms with van der Waals surface area (Å²) in [6.07, 6.45) is 1.04. The quantitative estimate of drug-likeness (QED) is 0.379. The third-order valence-electron chi connectivity index (χ3n) is 3.30. The summed E-state index contributed by atoms with van der Waals surface area (Å²) in [7, 11) is 0. The summed E-state index contributed by atoms with van der Waals surface area (Å²) in [5, 5.41) is 23.5. The van der Waals surface area contributed by atoms with E-state index < -0.39 is 23.4 Å². The zero-order chi connectivity index (χ0) is 20.7. The molecule has 0 aliphatic rings. The molecule has 2 aromatic carbocycles. The summed E-state index contributed by atoms with van der Waals surface area (Å²) in [4.78, 5) is 32.9. The lowest BCUT2D eigenvalue weighted by Gasteiger charge is -2.08. The molecule has 0 spiro atoms. The van der Waals surface area contributed by atoms with E-state index in [1.165, 1.54) is 36.5 Å². The van der Waals surface area contributed by atoms with Crippen molar-refractivity contribution < 1.29 is 24.4 Å². The van der Waals surface area contributed by atoms with Gasteiger partial charge in [-0.3, -0.25) is 14.9 Å². The van der Waals surface area contributed by atoms with Crippen molar-refractivity contribution in [3.8, 4) is 5.75 Å². The van der Waals surface area contributed by atoms with Crippen LogP contribution in [0.1, 0.15) is 11.1 Å². The van der Waals surface area contributed by atoms with Gasteiger partial charge in [0.2, 0.25) is 5.91 Å².